The van der Waals surface area contributed by atoms with E-state index >= 15 is 0 Å². The molecule has 1 saturated carbocycles. The molecular weight excluding hydrogens is 529 g/mol. The number of hydrogen-bond acceptors (Lipinski definition) is 7. The molecule has 3 aliphatic rings. The highest BCUT2D eigenvalue weighted by atomic mass is 35.5. The fourth-order valence-corrected chi connectivity index (χ4v) is 6.46. The SMILES string of the molecule is Cn1ccc2c(OC3CC4(C3)CN(CCNc3cnn(C5CCCCO5)c(=O)c3Cl)C4)ccc(Cl)c2c1=O. The van der Waals surface area contributed by atoms with E-state index in [1.807, 2.05) is 12.1 Å². The molecular formula is C27H31Cl2N5O4. The summed E-state index contributed by atoms with van der Waals surface area (Å²) >= 11 is 12.7. The van der Waals surface area contributed by atoms with Crippen molar-refractivity contribution in [1.29, 1.82) is 0 Å². The van der Waals surface area contributed by atoms with Crippen molar-refractivity contribution in [2.45, 2.75) is 44.4 Å². The lowest BCUT2D eigenvalue weighted by atomic mass is 9.62. The smallest absolute Gasteiger partial charge is 0.290 e. The minimum atomic E-state index is -0.332. The molecule has 2 saturated heterocycles. The zero-order chi connectivity index (χ0) is 26.4. The first-order valence-electron chi connectivity index (χ1n) is 13.1. The van der Waals surface area contributed by atoms with Crippen LogP contribution in [-0.2, 0) is 11.8 Å². The van der Waals surface area contributed by atoms with Gasteiger partial charge in [-0.2, -0.15) is 9.78 Å². The van der Waals surface area contributed by atoms with E-state index in [1.54, 1.807) is 25.5 Å². The van der Waals surface area contributed by atoms with Crippen LogP contribution in [0.25, 0.3) is 10.8 Å². The molecule has 1 spiro atoms. The Hall–Kier alpha value is -2.59. The van der Waals surface area contributed by atoms with Gasteiger partial charge in [-0.1, -0.05) is 23.2 Å². The van der Waals surface area contributed by atoms with Gasteiger partial charge in [0.2, 0.25) is 0 Å². The van der Waals surface area contributed by atoms with Gasteiger partial charge in [0, 0.05) is 56.8 Å². The largest absolute Gasteiger partial charge is 0.490 e. The molecule has 0 amide bonds. The van der Waals surface area contributed by atoms with Crippen molar-refractivity contribution in [2.24, 2.45) is 12.5 Å². The second kappa shape index (κ2) is 10.2. The van der Waals surface area contributed by atoms with Crippen LogP contribution in [0.15, 0.2) is 40.2 Å². The highest BCUT2D eigenvalue weighted by Gasteiger charge is 2.53. The molecule has 38 heavy (non-hydrogen) atoms. The van der Waals surface area contributed by atoms with E-state index in [4.69, 9.17) is 32.7 Å². The molecule has 202 valence electrons. The van der Waals surface area contributed by atoms with E-state index in [2.05, 4.69) is 15.3 Å². The molecule has 0 radical (unpaired) electrons. The van der Waals surface area contributed by atoms with Gasteiger partial charge in [0.1, 0.15) is 10.8 Å². The number of anilines is 1. The Balaban J connectivity index is 0.984. The van der Waals surface area contributed by atoms with E-state index < -0.39 is 0 Å². The van der Waals surface area contributed by atoms with Gasteiger partial charge in [-0.05, 0) is 50.3 Å². The minimum absolute atomic E-state index is 0.122. The first-order chi connectivity index (χ1) is 18.3. The molecule has 1 atom stereocenters. The van der Waals surface area contributed by atoms with Crippen molar-refractivity contribution in [3.8, 4) is 5.75 Å². The first kappa shape index (κ1) is 25.7. The lowest BCUT2D eigenvalue weighted by Crippen LogP contribution is -2.65. The highest BCUT2D eigenvalue weighted by molar-refractivity contribution is 6.35. The average molecular weight is 560 g/mol. The minimum Gasteiger partial charge on any atom is -0.490 e. The van der Waals surface area contributed by atoms with Crippen molar-refractivity contribution in [2.75, 3.05) is 38.1 Å². The van der Waals surface area contributed by atoms with Gasteiger partial charge >= 0.3 is 0 Å². The van der Waals surface area contributed by atoms with Crippen molar-refractivity contribution in [3.05, 3.63) is 61.3 Å². The Morgan fingerprint density at radius 1 is 1.16 bits per heavy atom. The van der Waals surface area contributed by atoms with E-state index in [9.17, 15) is 9.59 Å². The molecule has 2 aliphatic heterocycles. The number of pyridine rings is 1. The number of fused-ring (bicyclic) bond motifs is 1. The maximum atomic E-state index is 12.7. The van der Waals surface area contributed by atoms with E-state index in [-0.39, 0.29) is 28.5 Å². The molecule has 3 fully saturated rings. The Kier molecular flexibility index (Phi) is 6.88. The molecule has 9 nitrogen and oxygen atoms in total. The summed E-state index contributed by atoms with van der Waals surface area (Å²) in [5.41, 5.74) is 0.410. The number of halogens is 2. The quantitative estimate of drug-likeness (QED) is 0.466. The fraction of sp³-hybridized carbons (Fsp3) is 0.519. The van der Waals surface area contributed by atoms with Crippen LogP contribution in [0.5, 0.6) is 5.75 Å². The molecule has 4 heterocycles. The van der Waals surface area contributed by atoms with Crippen molar-refractivity contribution in [1.82, 2.24) is 19.2 Å². The van der Waals surface area contributed by atoms with Crippen LogP contribution in [-0.4, -0.2) is 58.1 Å². The topological polar surface area (TPSA) is 90.6 Å². The summed E-state index contributed by atoms with van der Waals surface area (Å²) in [7, 11) is 1.72. The highest BCUT2D eigenvalue weighted by Crippen LogP contribution is 2.50. The maximum absolute atomic E-state index is 12.7. The number of benzene rings is 1. The van der Waals surface area contributed by atoms with Crippen LogP contribution in [0.1, 0.15) is 38.3 Å². The third kappa shape index (κ3) is 4.70. The van der Waals surface area contributed by atoms with Crippen LogP contribution in [0, 0.1) is 5.41 Å². The molecule has 6 rings (SSSR count). The van der Waals surface area contributed by atoms with Gasteiger partial charge in [0.25, 0.3) is 11.1 Å². The molecule has 0 bridgehead atoms. The number of hydrogen-bond donors (Lipinski definition) is 1. The fourth-order valence-electron chi connectivity index (χ4n) is 6.02. The Morgan fingerprint density at radius 2 is 1.97 bits per heavy atom. The Bertz CT molecular complexity index is 1470. The summed E-state index contributed by atoms with van der Waals surface area (Å²) in [6.07, 6.45) is 7.93. The van der Waals surface area contributed by atoms with Crippen molar-refractivity contribution < 1.29 is 9.47 Å². The van der Waals surface area contributed by atoms with Crippen molar-refractivity contribution >= 4 is 39.7 Å². The lowest BCUT2D eigenvalue weighted by Gasteiger charge is -2.58. The van der Waals surface area contributed by atoms with Crippen LogP contribution in [0.3, 0.4) is 0 Å². The summed E-state index contributed by atoms with van der Waals surface area (Å²) in [5.74, 6) is 0.713. The number of ether oxygens (including phenoxy) is 2. The monoisotopic (exact) mass is 559 g/mol. The second-order valence-electron chi connectivity index (χ2n) is 10.8. The lowest BCUT2D eigenvalue weighted by molar-refractivity contribution is -0.117. The number of rotatable bonds is 7. The molecule has 1 N–H and O–H groups in total. The van der Waals surface area contributed by atoms with Gasteiger partial charge < -0.3 is 24.3 Å². The zero-order valence-corrected chi connectivity index (χ0v) is 22.8. The summed E-state index contributed by atoms with van der Waals surface area (Å²) in [5, 5.41) is 9.42. The summed E-state index contributed by atoms with van der Waals surface area (Å²) in [6, 6.07) is 5.48. The third-order valence-electron chi connectivity index (χ3n) is 8.00. The van der Waals surface area contributed by atoms with Crippen LogP contribution in [0.2, 0.25) is 10.0 Å². The Labute approximate surface area is 230 Å². The van der Waals surface area contributed by atoms with Crippen molar-refractivity contribution in [3.63, 3.8) is 0 Å². The number of aryl methyl sites for hydroxylation is 1. The number of likely N-dealkylation sites (tertiary alicyclic amines) is 1. The molecule has 3 aromatic rings. The molecule has 1 unspecified atom stereocenters. The van der Waals surface area contributed by atoms with E-state index in [1.165, 1.54) is 9.25 Å². The van der Waals surface area contributed by atoms with Gasteiger partial charge in [-0.15, -0.1) is 0 Å². The van der Waals surface area contributed by atoms with Gasteiger partial charge in [-0.3, -0.25) is 9.59 Å². The first-order valence-corrected chi connectivity index (χ1v) is 13.9. The predicted octanol–water partition coefficient (Wildman–Crippen LogP) is 4.06. The second-order valence-corrected chi connectivity index (χ2v) is 11.6. The number of aromatic nitrogens is 3. The van der Waals surface area contributed by atoms with Crippen LogP contribution >= 0.6 is 23.2 Å². The predicted molar refractivity (Wildman–Crippen MR) is 148 cm³/mol. The standard InChI is InChI=1S/C27H31Cl2N5O4/c1-32-9-7-18-21(6-5-19(28)23(18)25(32)35)38-17-12-27(13-17)15-33(16-27)10-8-30-20-14-31-34(26(36)24(20)29)22-4-2-3-11-37-22/h5-7,9,14,17,22,30H,2-4,8,10-13,15-16H2,1H3. The van der Waals surface area contributed by atoms with Crippen LogP contribution < -0.4 is 21.2 Å². The number of nitrogens with zero attached hydrogens (tertiary/aromatic N) is 4. The van der Waals surface area contributed by atoms with E-state index in [0.717, 1.165) is 57.1 Å². The summed E-state index contributed by atoms with van der Waals surface area (Å²) in [6.45, 7) is 4.20. The normalized spacial score (nSPS) is 21.3. The maximum Gasteiger partial charge on any atom is 0.290 e. The van der Waals surface area contributed by atoms with E-state index in [0.29, 0.717) is 40.4 Å². The Morgan fingerprint density at radius 3 is 2.74 bits per heavy atom. The molecule has 2 aromatic heterocycles. The van der Waals surface area contributed by atoms with Gasteiger partial charge in [0.05, 0.1) is 28.4 Å². The third-order valence-corrected chi connectivity index (χ3v) is 8.68. The zero-order valence-electron chi connectivity index (χ0n) is 21.3. The number of nitrogens with one attached hydrogen (secondary N) is 1. The average Bonchev–Trinajstić information content (AvgIpc) is 2.87. The van der Waals surface area contributed by atoms with Gasteiger partial charge in [0.15, 0.2) is 6.23 Å². The molecule has 11 heteroatoms. The van der Waals surface area contributed by atoms with Crippen LogP contribution in [0.4, 0.5) is 5.69 Å². The summed E-state index contributed by atoms with van der Waals surface area (Å²) in [4.78, 5) is 27.6. The van der Waals surface area contributed by atoms with Gasteiger partial charge in [-0.25, -0.2) is 0 Å². The molecule has 1 aliphatic carbocycles. The summed E-state index contributed by atoms with van der Waals surface area (Å²) < 4.78 is 14.8. The molecule has 1 aromatic carbocycles.